The molecular weight excluding hydrogens is 447 g/mol. The zero-order valence-corrected chi connectivity index (χ0v) is 19.4. The average molecular weight is 473 g/mol. The lowest BCUT2D eigenvalue weighted by molar-refractivity contribution is -0.121. The van der Waals surface area contributed by atoms with Crippen molar-refractivity contribution in [2.24, 2.45) is 0 Å². The van der Waals surface area contributed by atoms with Gasteiger partial charge in [-0.1, -0.05) is 29.8 Å². The highest BCUT2D eigenvalue weighted by Gasteiger charge is 2.17. The Morgan fingerprint density at radius 2 is 1.97 bits per heavy atom. The summed E-state index contributed by atoms with van der Waals surface area (Å²) < 4.78 is 39.3. The number of thioether (sulfide) groups is 1. The van der Waals surface area contributed by atoms with E-state index in [0.717, 1.165) is 11.8 Å². The fourth-order valence-electron chi connectivity index (χ4n) is 2.85. The number of halogens is 2. The van der Waals surface area contributed by atoms with Crippen LogP contribution in [0.5, 0.6) is 0 Å². The van der Waals surface area contributed by atoms with Gasteiger partial charge in [0.25, 0.3) is 0 Å². The monoisotopic (exact) mass is 472 g/mol. The third-order valence-electron chi connectivity index (χ3n) is 4.33. The number of nitrogens with one attached hydrogen (secondary N) is 1. The van der Waals surface area contributed by atoms with Crippen LogP contribution < -0.4 is 9.62 Å². The molecule has 2 rings (SSSR count). The molecule has 0 fully saturated rings. The van der Waals surface area contributed by atoms with Crippen LogP contribution >= 0.6 is 23.4 Å². The Hall–Kier alpha value is -1.77. The van der Waals surface area contributed by atoms with Gasteiger partial charge in [0.1, 0.15) is 5.82 Å². The summed E-state index contributed by atoms with van der Waals surface area (Å²) in [5.74, 6) is 0.580. The van der Waals surface area contributed by atoms with Crippen molar-refractivity contribution in [3.8, 4) is 0 Å². The number of hydrogen-bond acceptors (Lipinski definition) is 4. The molecule has 9 heteroatoms. The Kier molecular flexibility index (Phi) is 9.45. The number of hydrogen-bond donors (Lipinski definition) is 1. The van der Waals surface area contributed by atoms with E-state index >= 15 is 0 Å². The van der Waals surface area contributed by atoms with Crippen LogP contribution in [0.2, 0.25) is 5.02 Å². The molecule has 2 aromatic carbocycles. The minimum absolute atomic E-state index is 0.141. The average Bonchev–Trinajstić information content (AvgIpc) is 2.66. The minimum Gasteiger partial charge on any atom is -0.355 e. The molecule has 0 aliphatic rings. The quantitative estimate of drug-likeness (QED) is 0.493. The molecular formula is C21H26ClFN2O3S2. The Labute approximate surface area is 187 Å². The second kappa shape index (κ2) is 11.6. The number of benzene rings is 2. The lowest BCUT2D eigenvalue weighted by Crippen LogP contribution is -2.32. The molecule has 30 heavy (non-hydrogen) atoms. The standard InChI is InChI=1S/C21H26ClFN2O3S2/c1-16-6-3-7-17(14-16)25(30(2,27)28)12-5-10-21(26)24-11-13-29-15-18-19(22)8-4-9-20(18)23/h3-4,6-9,14H,5,10-13,15H2,1-2H3,(H,24,26). The normalized spacial score (nSPS) is 11.3. The van der Waals surface area contributed by atoms with Crippen LogP contribution in [0, 0.1) is 12.7 Å². The van der Waals surface area contributed by atoms with Crippen molar-refractivity contribution >= 4 is 45.0 Å². The topological polar surface area (TPSA) is 66.5 Å². The number of carbonyl (C=O) groups is 1. The Morgan fingerprint density at radius 1 is 1.23 bits per heavy atom. The Bertz CT molecular complexity index is 950. The van der Waals surface area contributed by atoms with E-state index in [1.807, 2.05) is 19.1 Å². The number of sulfonamides is 1. The molecule has 0 aromatic heterocycles. The highest BCUT2D eigenvalue weighted by molar-refractivity contribution is 7.98. The molecule has 0 saturated carbocycles. The van der Waals surface area contributed by atoms with Crippen LogP contribution in [0.3, 0.4) is 0 Å². The summed E-state index contributed by atoms with van der Waals surface area (Å²) in [6.07, 6.45) is 1.79. The van der Waals surface area contributed by atoms with Crippen LogP contribution in [0.25, 0.3) is 0 Å². The fourth-order valence-corrected chi connectivity index (χ4v) is 5.00. The van der Waals surface area contributed by atoms with Gasteiger partial charge in [-0.2, -0.15) is 11.8 Å². The molecule has 0 aliphatic heterocycles. The highest BCUT2D eigenvalue weighted by Crippen LogP contribution is 2.23. The number of rotatable bonds is 11. The van der Waals surface area contributed by atoms with Gasteiger partial charge in [0.05, 0.1) is 11.9 Å². The molecule has 0 atom stereocenters. The third-order valence-corrected chi connectivity index (χ3v) is 6.87. The summed E-state index contributed by atoms with van der Waals surface area (Å²) in [5.41, 5.74) is 2.03. The first-order valence-electron chi connectivity index (χ1n) is 9.50. The maximum atomic E-state index is 13.7. The molecule has 0 aliphatic carbocycles. The van der Waals surface area contributed by atoms with Crippen LogP contribution in [0.1, 0.15) is 24.0 Å². The van der Waals surface area contributed by atoms with Gasteiger partial charge in [-0.05, 0) is 43.2 Å². The van der Waals surface area contributed by atoms with Crippen molar-refractivity contribution in [3.63, 3.8) is 0 Å². The van der Waals surface area contributed by atoms with E-state index in [1.165, 1.54) is 22.1 Å². The maximum absolute atomic E-state index is 13.7. The van der Waals surface area contributed by atoms with Crippen LogP contribution in [-0.2, 0) is 20.6 Å². The van der Waals surface area contributed by atoms with Gasteiger partial charge in [-0.15, -0.1) is 0 Å². The third kappa shape index (κ3) is 7.81. The highest BCUT2D eigenvalue weighted by atomic mass is 35.5. The van der Waals surface area contributed by atoms with E-state index in [-0.39, 0.29) is 24.7 Å². The summed E-state index contributed by atoms with van der Waals surface area (Å²) >= 11 is 7.47. The first-order chi connectivity index (χ1) is 14.2. The number of carbonyl (C=O) groups excluding carboxylic acids is 1. The first kappa shape index (κ1) is 24.5. The van der Waals surface area contributed by atoms with Crippen LogP contribution in [-0.4, -0.2) is 39.4 Å². The zero-order valence-electron chi connectivity index (χ0n) is 17.0. The molecule has 1 N–H and O–H groups in total. The van der Waals surface area contributed by atoms with Gasteiger partial charge < -0.3 is 5.32 Å². The van der Waals surface area contributed by atoms with Gasteiger partial charge in [0.2, 0.25) is 15.9 Å². The molecule has 1 amide bonds. The van der Waals surface area contributed by atoms with Gasteiger partial charge in [0.15, 0.2) is 0 Å². The summed E-state index contributed by atoms with van der Waals surface area (Å²) in [7, 11) is -3.43. The Morgan fingerprint density at radius 3 is 2.63 bits per heavy atom. The number of aryl methyl sites for hydroxylation is 1. The van der Waals surface area contributed by atoms with Gasteiger partial charge in [0, 0.05) is 41.6 Å². The van der Waals surface area contributed by atoms with Crippen molar-refractivity contribution in [3.05, 3.63) is 64.4 Å². The number of amides is 1. The van der Waals surface area contributed by atoms with Crippen molar-refractivity contribution < 1.29 is 17.6 Å². The fraction of sp³-hybridized carbons (Fsp3) is 0.381. The number of nitrogens with zero attached hydrogens (tertiary/aromatic N) is 1. The first-order valence-corrected chi connectivity index (χ1v) is 12.9. The van der Waals surface area contributed by atoms with E-state index in [2.05, 4.69) is 5.32 Å². The van der Waals surface area contributed by atoms with Crippen LogP contribution in [0.4, 0.5) is 10.1 Å². The lowest BCUT2D eigenvalue weighted by Gasteiger charge is -2.22. The number of anilines is 1. The molecule has 0 unspecified atom stereocenters. The van der Waals surface area contributed by atoms with E-state index in [1.54, 1.807) is 24.3 Å². The van der Waals surface area contributed by atoms with Crippen molar-refractivity contribution in [2.75, 3.05) is 29.4 Å². The van der Waals surface area contributed by atoms with E-state index in [4.69, 9.17) is 11.6 Å². The second-order valence-electron chi connectivity index (χ2n) is 6.88. The largest absolute Gasteiger partial charge is 0.355 e. The zero-order chi connectivity index (χ0) is 22.1. The van der Waals surface area contributed by atoms with E-state index in [0.29, 0.717) is 40.7 Å². The summed E-state index contributed by atoms with van der Waals surface area (Å²) in [6, 6.07) is 11.8. The predicted molar refractivity (Wildman–Crippen MR) is 123 cm³/mol. The SMILES string of the molecule is Cc1cccc(N(CCCC(=O)NCCSCc2c(F)cccc2Cl)S(C)(=O)=O)c1. The molecule has 5 nitrogen and oxygen atoms in total. The van der Waals surface area contributed by atoms with Crippen molar-refractivity contribution in [1.29, 1.82) is 0 Å². The van der Waals surface area contributed by atoms with Gasteiger partial charge in [-0.25, -0.2) is 12.8 Å². The van der Waals surface area contributed by atoms with E-state index < -0.39 is 10.0 Å². The molecule has 164 valence electrons. The van der Waals surface area contributed by atoms with E-state index in [9.17, 15) is 17.6 Å². The van der Waals surface area contributed by atoms with Gasteiger partial charge in [-0.3, -0.25) is 9.10 Å². The molecule has 0 heterocycles. The molecule has 0 bridgehead atoms. The van der Waals surface area contributed by atoms with Crippen LogP contribution in [0.15, 0.2) is 42.5 Å². The minimum atomic E-state index is -3.43. The summed E-state index contributed by atoms with van der Waals surface area (Å²) in [6.45, 7) is 2.58. The van der Waals surface area contributed by atoms with Crippen molar-refractivity contribution in [1.82, 2.24) is 5.32 Å². The van der Waals surface area contributed by atoms with Crippen molar-refractivity contribution in [2.45, 2.75) is 25.5 Å². The summed E-state index contributed by atoms with van der Waals surface area (Å²) in [4.78, 5) is 12.0. The molecule has 0 saturated heterocycles. The Balaban J connectivity index is 1.72. The predicted octanol–water partition coefficient (Wildman–Crippen LogP) is 4.38. The molecule has 0 radical (unpaired) electrons. The van der Waals surface area contributed by atoms with Gasteiger partial charge >= 0.3 is 0 Å². The molecule has 0 spiro atoms. The maximum Gasteiger partial charge on any atom is 0.232 e. The second-order valence-corrected chi connectivity index (χ2v) is 10.3. The summed E-state index contributed by atoms with van der Waals surface area (Å²) in [5, 5.41) is 3.20. The lowest BCUT2D eigenvalue weighted by atomic mass is 10.2. The smallest absolute Gasteiger partial charge is 0.232 e. The molecule has 2 aromatic rings.